The van der Waals surface area contributed by atoms with E-state index in [1.54, 1.807) is 24.7 Å². The summed E-state index contributed by atoms with van der Waals surface area (Å²) in [6.45, 7) is 4.07. The van der Waals surface area contributed by atoms with Gasteiger partial charge in [0.2, 0.25) is 0 Å². The molecule has 0 aliphatic carbocycles. The van der Waals surface area contributed by atoms with Crippen LogP contribution in [0.1, 0.15) is 76.1 Å². The van der Waals surface area contributed by atoms with Gasteiger partial charge in [0.25, 0.3) is 11.8 Å². The van der Waals surface area contributed by atoms with Gasteiger partial charge in [0.1, 0.15) is 5.69 Å². The van der Waals surface area contributed by atoms with Gasteiger partial charge in [0, 0.05) is 25.5 Å². The van der Waals surface area contributed by atoms with E-state index in [4.69, 9.17) is 4.74 Å². The van der Waals surface area contributed by atoms with Crippen LogP contribution in [0.2, 0.25) is 0 Å². The fourth-order valence-electron chi connectivity index (χ4n) is 4.99. The summed E-state index contributed by atoms with van der Waals surface area (Å²) in [6.07, 6.45) is 7.55. The molecule has 34 heavy (non-hydrogen) atoms. The average Bonchev–Trinajstić information content (AvgIpc) is 3.53. The van der Waals surface area contributed by atoms with Crippen molar-refractivity contribution in [1.82, 2.24) is 24.8 Å². The summed E-state index contributed by atoms with van der Waals surface area (Å²) in [5, 5.41) is 3.15. The second kappa shape index (κ2) is 9.77. The molecule has 2 aliphatic rings. The Morgan fingerprint density at radius 3 is 2.82 bits per heavy atom. The van der Waals surface area contributed by atoms with E-state index >= 15 is 0 Å². The Balaban J connectivity index is 1.44. The van der Waals surface area contributed by atoms with Gasteiger partial charge in [0.15, 0.2) is 0 Å². The first kappa shape index (κ1) is 22.3. The van der Waals surface area contributed by atoms with Gasteiger partial charge in [-0.05, 0) is 30.9 Å². The molecule has 1 fully saturated rings. The Kier molecular flexibility index (Phi) is 6.40. The second-order valence-electron chi connectivity index (χ2n) is 8.73. The molecule has 2 unspecified atom stereocenters. The third-order valence-corrected chi connectivity index (χ3v) is 6.72. The molecule has 2 atom stereocenters. The van der Waals surface area contributed by atoms with E-state index < -0.39 is 0 Å². The van der Waals surface area contributed by atoms with Gasteiger partial charge >= 0.3 is 0 Å². The van der Waals surface area contributed by atoms with Crippen molar-refractivity contribution in [3.63, 3.8) is 0 Å². The predicted octanol–water partition coefficient (Wildman–Crippen LogP) is 3.67. The van der Waals surface area contributed by atoms with E-state index in [0.29, 0.717) is 37.6 Å². The van der Waals surface area contributed by atoms with E-state index in [1.807, 2.05) is 46.7 Å². The standard InChI is InChI=1S/C26H29N5O3/c1-2-20(18-7-4-3-5-8-18)29-25(32)19-15-23(30-13-14-34-17-24(19)30)26(33)31-12-6-9-22(31)21-16-27-10-11-28-21/h3-5,7-8,10-11,15-16,20,22H,2,6,9,12-14,17H2,1H3,(H,29,32). The summed E-state index contributed by atoms with van der Waals surface area (Å²) in [4.78, 5) is 37.6. The number of ether oxygens (including phenoxy) is 1. The SMILES string of the molecule is CCC(NC(=O)c1cc(C(=O)N2CCCC2c2cnccn2)n2c1COCC2)c1ccccc1. The molecule has 8 nitrogen and oxygen atoms in total. The van der Waals surface area contributed by atoms with Gasteiger partial charge in [-0.2, -0.15) is 0 Å². The summed E-state index contributed by atoms with van der Waals surface area (Å²) < 4.78 is 7.62. The summed E-state index contributed by atoms with van der Waals surface area (Å²) in [7, 11) is 0. The largest absolute Gasteiger partial charge is 0.373 e. The fraction of sp³-hybridized carbons (Fsp3) is 0.385. The summed E-state index contributed by atoms with van der Waals surface area (Å²) in [5.41, 5.74) is 3.65. The van der Waals surface area contributed by atoms with Crippen molar-refractivity contribution in [2.24, 2.45) is 0 Å². The number of carbonyl (C=O) groups is 2. The Labute approximate surface area is 199 Å². The van der Waals surface area contributed by atoms with Crippen LogP contribution in [0.3, 0.4) is 0 Å². The van der Waals surface area contributed by atoms with Gasteiger partial charge in [-0.15, -0.1) is 0 Å². The number of nitrogens with one attached hydrogen (secondary N) is 1. The van der Waals surface area contributed by atoms with E-state index in [0.717, 1.165) is 36.2 Å². The number of aromatic nitrogens is 3. The molecule has 2 amide bonds. The highest BCUT2D eigenvalue weighted by atomic mass is 16.5. The predicted molar refractivity (Wildman–Crippen MR) is 126 cm³/mol. The number of benzene rings is 1. The minimum atomic E-state index is -0.184. The van der Waals surface area contributed by atoms with E-state index in [2.05, 4.69) is 15.3 Å². The molecule has 176 valence electrons. The van der Waals surface area contributed by atoms with Gasteiger partial charge in [0.05, 0.1) is 48.4 Å². The maximum atomic E-state index is 13.7. The van der Waals surface area contributed by atoms with Crippen LogP contribution in [0.25, 0.3) is 0 Å². The highest BCUT2D eigenvalue weighted by molar-refractivity contribution is 6.01. The van der Waals surface area contributed by atoms with Crippen LogP contribution in [0, 0.1) is 0 Å². The number of likely N-dealkylation sites (tertiary alicyclic amines) is 1. The van der Waals surface area contributed by atoms with E-state index in [-0.39, 0.29) is 23.9 Å². The van der Waals surface area contributed by atoms with Crippen molar-refractivity contribution in [3.8, 4) is 0 Å². The fourth-order valence-corrected chi connectivity index (χ4v) is 4.99. The lowest BCUT2D eigenvalue weighted by atomic mass is 10.0. The molecule has 2 aromatic heterocycles. The minimum absolute atomic E-state index is 0.0783. The minimum Gasteiger partial charge on any atom is -0.373 e. The molecule has 2 aliphatic heterocycles. The number of carbonyl (C=O) groups excluding carboxylic acids is 2. The molecule has 8 heteroatoms. The van der Waals surface area contributed by atoms with Crippen molar-refractivity contribution >= 4 is 11.8 Å². The summed E-state index contributed by atoms with van der Waals surface area (Å²) in [5.74, 6) is -0.263. The zero-order valence-electron chi connectivity index (χ0n) is 19.3. The second-order valence-corrected chi connectivity index (χ2v) is 8.73. The maximum Gasteiger partial charge on any atom is 0.271 e. The molecule has 3 aromatic rings. The molecule has 5 rings (SSSR count). The Morgan fingerprint density at radius 2 is 2.06 bits per heavy atom. The topological polar surface area (TPSA) is 89.4 Å². The first-order chi connectivity index (χ1) is 16.7. The van der Waals surface area contributed by atoms with Gasteiger partial charge < -0.3 is 19.5 Å². The number of rotatable bonds is 6. The smallest absolute Gasteiger partial charge is 0.271 e. The van der Waals surface area contributed by atoms with Crippen molar-refractivity contribution in [2.75, 3.05) is 13.2 Å². The normalized spacial score (nSPS) is 18.4. The van der Waals surface area contributed by atoms with Crippen LogP contribution in [0.15, 0.2) is 55.0 Å². The van der Waals surface area contributed by atoms with Gasteiger partial charge in [-0.25, -0.2) is 0 Å². The van der Waals surface area contributed by atoms with E-state index in [9.17, 15) is 9.59 Å². The highest BCUT2D eigenvalue weighted by Crippen LogP contribution is 2.33. The van der Waals surface area contributed by atoms with Crippen molar-refractivity contribution in [3.05, 3.63) is 83.2 Å². The average molecular weight is 460 g/mol. The van der Waals surface area contributed by atoms with Crippen LogP contribution < -0.4 is 5.32 Å². The van der Waals surface area contributed by atoms with Crippen LogP contribution in [0.4, 0.5) is 0 Å². The first-order valence-corrected chi connectivity index (χ1v) is 11.9. The molecule has 1 saturated heterocycles. The zero-order valence-corrected chi connectivity index (χ0v) is 19.3. The summed E-state index contributed by atoms with van der Waals surface area (Å²) >= 11 is 0. The third kappa shape index (κ3) is 4.21. The van der Waals surface area contributed by atoms with Crippen molar-refractivity contribution < 1.29 is 14.3 Å². The van der Waals surface area contributed by atoms with Crippen LogP contribution in [0.5, 0.6) is 0 Å². The first-order valence-electron chi connectivity index (χ1n) is 11.9. The molecule has 1 N–H and O–H groups in total. The molecule has 0 saturated carbocycles. The number of nitrogens with zero attached hydrogens (tertiary/aromatic N) is 4. The lowest BCUT2D eigenvalue weighted by Gasteiger charge is -2.26. The van der Waals surface area contributed by atoms with Crippen molar-refractivity contribution in [1.29, 1.82) is 0 Å². The van der Waals surface area contributed by atoms with Crippen LogP contribution in [-0.2, 0) is 17.9 Å². The molecule has 0 radical (unpaired) electrons. The van der Waals surface area contributed by atoms with Crippen LogP contribution in [-0.4, -0.2) is 44.4 Å². The number of hydrogen-bond donors (Lipinski definition) is 1. The third-order valence-electron chi connectivity index (χ3n) is 6.72. The quantitative estimate of drug-likeness (QED) is 0.608. The monoisotopic (exact) mass is 459 g/mol. The summed E-state index contributed by atoms with van der Waals surface area (Å²) in [6, 6.07) is 11.5. The van der Waals surface area contributed by atoms with Gasteiger partial charge in [-0.3, -0.25) is 19.6 Å². The lowest BCUT2D eigenvalue weighted by Crippen LogP contribution is -2.33. The lowest BCUT2D eigenvalue weighted by molar-refractivity contribution is 0.0672. The molecular weight excluding hydrogens is 430 g/mol. The molecule has 4 heterocycles. The molecule has 0 spiro atoms. The van der Waals surface area contributed by atoms with E-state index in [1.165, 1.54) is 0 Å². The van der Waals surface area contributed by atoms with Gasteiger partial charge in [-0.1, -0.05) is 37.3 Å². The Morgan fingerprint density at radius 1 is 1.21 bits per heavy atom. The van der Waals surface area contributed by atoms with Crippen LogP contribution >= 0.6 is 0 Å². The number of fused-ring (bicyclic) bond motifs is 1. The maximum absolute atomic E-state index is 13.7. The molecular formula is C26H29N5O3. The number of amides is 2. The van der Waals surface area contributed by atoms with Crippen molar-refractivity contribution in [2.45, 2.75) is 51.4 Å². The zero-order chi connectivity index (χ0) is 23.5. The molecule has 0 bridgehead atoms. The highest BCUT2D eigenvalue weighted by Gasteiger charge is 2.35. The Hall–Kier alpha value is -3.52. The molecule has 1 aromatic carbocycles. The number of hydrogen-bond acceptors (Lipinski definition) is 5. The Bertz CT molecular complexity index is 1160.